The lowest BCUT2D eigenvalue weighted by atomic mass is 9.48. The van der Waals surface area contributed by atoms with E-state index in [1.54, 1.807) is 19.3 Å². The van der Waals surface area contributed by atoms with Gasteiger partial charge >= 0.3 is 0 Å². The van der Waals surface area contributed by atoms with Crippen LogP contribution in [0.5, 0.6) is 0 Å². The molecule has 0 aromatic heterocycles. The van der Waals surface area contributed by atoms with E-state index in [-0.39, 0.29) is 12.4 Å². The molecule has 1 atom stereocenters. The smallest absolute Gasteiger partial charge is 0.00953 e. The summed E-state index contributed by atoms with van der Waals surface area (Å²) in [4.78, 5) is 0. The SMILES string of the molecule is CCNC(C)C12CC3CC(CC(C3)C1)C2.Cl. The second-order valence-corrected chi connectivity index (χ2v) is 6.56. The summed E-state index contributed by atoms with van der Waals surface area (Å²) in [5, 5.41) is 3.70. The van der Waals surface area contributed by atoms with Crippen molar-refractivity contribution in [3.8, 4) is 0 Å². The van der Waals surface area contributed by atoms with E-state index in [0.717, 1.165) is 30.3 Å². The van der Waals surface area contributed by atoms with E-state index in [9.17, 15) is 0 Å². The summed E-state index contributed by atoms with van der Waals surface area (Å²) in [6, 6.07) is 0.760. The van der Waals surface area contributed by atoms with Crippen LogP contribution in [-0.2, 0) is 0 Å². The van der Waals surface area contributed by atoms with Crippen LogP contribution in [0.4, 0.5) is 0 Å². The summed E-state index contributed by atoms with van der Waals surface area (Å²) < 4.78 is 0. The fourth-order valence-corrected chi connectivity index (χ4v) is 5.23. The molecule has 2 heteroatoms. The molecular formula is C14H26ClN. The highest BCUT2D eigenvalue weighted by Gasteiger charge is 2.52. The predicted molar refractivity (Wildman–Crippen MR) is 71.0 cm³/mol. The summed E-state index contributed by atoms with van der Waals surface area (Å²) in [5.74, 6) is 3.28. The van der Waals surface area contributed by atoms with E-state index < -0.39 is 0 Å². The van der Waals surface area contributed by atoms with Crippen LogP contribution in [0.1, 0.15) is 52.4 Å². The lowest BCUT2D eigenvalue weighted by molar-refractivity contribution is -0.0700. The molecule has 4 aliphatic carbocycles. The van der Waals surface area contributed by atoms with Crippen LogP contribution in [0.3, 0.4) is 0 Å². The fraction of sp³-hybridized carbons (Fsp3) is 1.00. The first-order valence-electron chi connectivity index (χ1n) is 6.95. The molecule has 0 heterocycles. The molecule has 4 fully saturated rings. The summed E-state index contributed by atoms with van der Waals surface area (Å²) in [5.41, 5.74) is 0.699. The standard InChI is InChI=1S/C14H25N.ClH/c1-3-15-10(2)14-7-11-4-12(8-14)6-13(5-11)9-14;/h10-13,15H,3-9H2,1-2H3;1H. The van der Waals surface area contributed by atoms with Crippen LogP contribution >= 0.6 is 12.4 Å². The third kappa shape index (κ3) is 1.90. The van der Waals surface area contributed by atoms with Crippen LogP contribution in [0.2, 0.25) is 0 Å². The number of halogens is 1. The zero-order valence-corrected chi connectivity index (χ0v) is 11.5. The molecule has 4 saturated carbocycles. The van der Waals surface area contributed by atoms with Crippen molar-refractivity contribution in [2.75, 3.05) is 6.54 Å². The van der Waals surface area contributed by atoms with Gasteiger partial charge in [-0.15, -0.1) is 12.4 Å². The lowest BCUT2D eigenvalue weighted by Crippen LogP contribution is -2.54. The van der Waals surface area contributed by atoms with Crippen molar-refractivity contribution in [1.29, 1.82) is 0 Å². The van der Waals surface area contributed by atoms with E-state index in [0.29, 0.717) is 5.41 Å². The van der Waals surface area contributed by atoms with E-state index in [2.05, 4.69) is 19.2 Å². The second kappa shape index (κ2) is 4.49. The average Bonchev–Trinajstić information content (AvgIpc) is 2.15. The number of hydrogen-bond donors (Lipinski definition) is 1. The third-order valence-corrected chi connectivity index (χ3v) is 5.51. The van der Waals surface area contributed by atoms with Crippen LogP contribution in [0.25, 0.3) is 0 Å². The Morgan fingerprint density at radius 1 is 1.06 bits per heavy atom. The summed E-state index contributed by atoms with van der Waals surface area (Å²) >= 11 is 0. The van der Waals surface area contributed by atoms with Gasteiger partial charge in [0.15, 0.2) is 0 Å². The van der Waals surface area contributed by atoms with E-state index >= 15 is 0 Å². The highest BCUT2D eigenvalue weighted by Crippen LogP contribution is 2.61. The Balaban J connectivity index is 0.000000963. The Hall–Kier alpha value is 0.250. The Labute approximate surface area is 106 Å². The van der Waals surface area contributed by atoms with Crippen LogP contribution in [-0.4, -0.2) is 12.6 Å². The molecule has 0 amide bonds. The Morgan fingerprint density at radius 3 is 1.88 bits per heavy atom. The Morgan fingerprint density at radius 2 is 1.50 bits per heavy atom. The topological polar surface area (TPSA) is 12.0 Å². The zero-order chi connectivity index (χ0) is 10.5. The normalized spacial score (nSPS) is 46.5. The highest BCUT2D eigenvalue weighted by molar-refractivity contribution is 5.85. The molecule has 1 unspecified atom stereocenters. The van der Waals surface area contributed by atoms with Crippen molar-refractivity contribution in [2.24, 2.45) is 23.2 Å². The van der Waals surface area contributed by atoms with Gasteiger partial charge in [-0.1, -0.05) is 6.92 Å². The largest absolute Gasteiger partial charge is 0.314 e. The summed E-state index contributed by atoms with van der Waals surface area (Å²) in [7, 11) is 0. The molecule has 0 aromatic rings. The molecule has 16 heavy (non-hydrogen) atoms. The van der Waals surface area contributed by atoms with Crippen molar-refractivity contribution < 1.29 is 0 Å². The lowest BCUT2D eigenvalue weighted by Gasteiger charge is -2.59. The first kappa shape index (κ1) is 12.7. The highest BCUT2D eigenvalue weighted by atomic mass is 35.5. The summed E-state index contributed by atoms with van der Waals surface area (Å²) in [6.45, 7) is 5.83. The van der Waals surface area contributed by atoms with Crippen LogP contribution in [0, 0.1) is 23.2 Å². The maximum Gasteiger partial charge on any atom is 0.00953 e. The van der Waals surface area contributed by atoms with Gasteiger partial charge in [0.2, 0.25) is 0 Å². The Bertz CT molecular complexity index is 216. The zero-order valence-electron chi connectivity index (χ0n) is 10.7. The molecule has 4 bridgehead atoms. The van der Waals surface area contributed by atoms with Crippen molar-refractivity contribution in [1.82, 2.24) is 5.32 Å². The van der Waals surface area contributed by atoms with Crippen molar-refractivity contribution >= 4 is 12.4 Å². The van der Waals surface area contributed by atoms with Crippen LogP contribution in [0.15, 0.2) is 0 Å². The second-order valence-electron chi connectivity index (χ2n) is 6.56. The molecule has 0 spiro atoms. The molecule has 0 radical (unpaired) electrons. The molecule has 1 nitrogen and oxygen atoms in total. The number of rotatable bonds is 3. The molecule has 0 aromatic carbocycles. The first-order valence-corrected chi connectivity index (χ1v) is 6.95. The van der Waals surface area contributed by atoms with Gasteiger partial charge in [0.05, 0.1) is 0 Å². The molecule has 0 saturated heterocycles. The molecule has 1 N–H and O–H groups in total. The maximum atomic E-state index is 3.70. The monoisotopic (exact) mass is 243 g/mol. The van der Waals surface area contributed by atoms with Crippen molar-refractivity contribution in [3.05, 3.63) is 0 Å². The molecule has 4 rings (SSSR count). The van der Waals surface area contributed by atoms with Gasteiger partial charge in [-0.2, -0.15) is 0 Å². The van der Waals surface area contributed by atoms with Gasteiger partial charge in [-0.3, -0.25) is 0 Å². The van der Waals surface area contributed by atoms with Gasteiger partial charge < -0.3 is 5.32 Å². The predicted octanol–water partition coefficient (Wildman–Crippen LogP) is 3.62. The van der Waals surface area contributed by atoms with E-state index in [1.807, 2.05) is 0 Å². The molecular weight excluding hydrogens is 218 g/mol. The molecule has 4 aliphatic rings. The minimum absolute atomic E-state index is 0. The summed E-state index contributed by atoms with van der Waals surface area (Å²) in [6.07, 6.45) is 9.31. The van der Waals surface area contributed by atoms with Gasteiger partial charge in [0.1, 0.15) is 0 Å². The number of hydrogen-bond acceptors (Lipinski definition) is 1. The van der Waals surface area contributed by atoms with Crippen molar-refractivity contribution in [3.63, 3.8) is 0 Å². The van der Waals surface area contributed by atoms with E-state index in [1.165, 1.54) is 19.3 Å². The average molecular weight is 244 g/mol. The minimum atomic E-state index is 0. The van der Waals surface area contributed by atoms with Gasteiger partial charge in [-0.05, 0) is 75.2 Å². The minimum Gasteiger partial charge on any atom is -0.314 e. The quantitative estimate of drug-likeness (QED) is 0.799. The molecule has 0 aliphatic heterocycles. The van der Waals surface area contributed by atoms with Gasteiger partial charge in [0.25, 0.3) is 0 Å². The van der Waals surface area contributed by atoms with Crippen molar-refractivity contribution in [2.45, 2.75) is 58.4 Å². The molecule has 94 valence electrons. The first-order chi connectivity index (χ1) is 7.22. The van der Waals surface area contributed by atoms with Crippen LogP contribution < -0.4 is 5.32 Å². The third-order valence-electron chi connectivity index (χ3n) is 5.51. The van der Waals surface area contributed by atoms with E-state index in [4.69, 9.17) is 0 Å². The Kier molecular flexibility index (Phi) is 3.57. The van der Waals surface area contributed by atoms with Gasteiger partial charge in [0, 0.05) is 6.04 Å². The fourth-order valence-electron chi connectivity index (χ4n) is 5.23. The van der Waals surface area contributed by atoms with Gasteiger partial charge in [-0.25, -0.2) is 0 Å². The number of nitrogens with one attached hydrogen (secondary N) is 1. The maximum absolute atomic E-state index is 3.70.